The summed E-state index contributed by atoms with van der Waals surface area (Å²) in [4.78, 5) is 2.48. The van der Waals surface area contributed by atoms with Gasteiger partial charge in [0.05, 0.1) is 0 Å². The van der Waals surface area contributed by atoms with Crippen molar-refractivity contribution in [3.05, 3.63) is 77.8 Å². The summed E-state index contributed by atoms with van der Waals surface area (Å²) < 4.78 is 21.1. The fourth-order valence-corrected chi connectivity index (χ4v) is 12.2. The molecule has 3 aromatic heterocycles. The van der Waals surface area contributed by atoms with Crippen LogP contribution in [0.2, 0.25) is 0 Å². The molecule has 0 spiro atoms. The third-order valence-corrected chi connectivity index (χ3v) is 14.4. The van der Waals surface area contributed by atoms with Crippen molar-refractivity contribution in [3.8, 4) is 0 Å². The van der Waals surface area contributed by atoms with Crippen LogP contribution >= 0.6 is 0 Å². The Morgan fingerprint density at radius 1 is 0.719 bits per heavy atom. The first-order chi connectivity index (χ1) is 15.8. The zero-order valence-corrected chi connectivity index (χ0v) is 21.8. The van der Waals surface area contributed by atoms with Crippen molar-refractivity contribution < 1.29 is 13.3 Å². The molecule has 4 heteroatoms. The molecule has 0 aliphatic carbocycles. The molecule has 0 N–H and O–H groups in total. The van der Waals surface area contributed by atoms with Crippen molar-refractivity contribution in [2.45, 2.75) is 78.1 Å². The Bertz CT molecular complexity index is 818. The quantitative estimate of drug-likeness (QED) is 0.131. The Morgan fingerprint density at radius 2 is 1.25 bits per heavy atom. The van der Waals surface area contributed by atoms with Crippen molar-refractivity contribution in [2.24, 2.45) is 0 Å². The van der Waals surface area contributed by atoms with Crippen LogP contribution in [0.3, 0.4) is 0 Å². The van der Waals surface area contributed by atoms with Gasteiger partial charge in [-0.25, -0.2) is 0 Å². The van der Waals surface area contributed by atoms with E-state index < -0.39 is 13.3 Å². The number of unbranched alkanes of at least 4 members (excludes halogenated alkanes) is 7. The molecule has 0 bridgehead atoms. The predicted octanol–water partition coefficient (Wildman–Crippen LogP) is 6.90. The fraction of sp³-hybridized carbons (Fsp3) is 0.429. The van der Waals surface area contributed by atoms with Crippen LogP contribution in [-0.4, -0.2) is 13.3 Å². The molecule has 172 valence electrons. The Labute approximate surface area is 195 Å². The standard InChI is InChI=1S/C28H38GeO3/c1-3-5-7-9-10-12-17-25(16-11-8-6-4-2)24-29(26-18-13-21-30-26,27-19-14-22-31-27)28-20-15-23-32-28/h12-15,17-24H,3-11,16H2,1-2H3/b17-12+,25-24-. The van der Waals surface area contributed by atoms with Crippen LogP contribution in [0.4, 0.5) is 0 Å². The van der Waals surface area contributed by atoms with Gasteiger partial charge >= 0.3 is 196 Å². The molecule has 0 radical (unpaired) electrons. The molecule has 3 aromatic rings. The van der Waals surface area contributed by atoms with Crippen LogP contribution < -0.4 is 13.8 Å². The number of rotatable bonds is 15. The van der Waals surface area contributed by atoms with E-state index in [1.165, 1.54) is 56.9 Å². The van der Waals surface area contributed by atoms with Gasteiger partial charge in [-0.05, 0) is 0 Å². The molecule has 0 amide bonds. The average Bonchev–Trinajstić information content (AvgIpc) is 3.60. The fourth-order valence-electron chi connectivity index (χ4n) is 4.25. The number of hydrogen-bond donors (Lipinski definition) is 0. The van der Waals surface area contributed by atoms with E-state index in [2.05, 4.69) is 49.1 Å². The first-order valence-electron chi connectivity index (χ1n) is 12.3. The molecule has 0 aliphatic heterocycles. The molecule has 0 saturated carbocycles. The van der Waals surface area contributed by atoms with Crippen molar-refractivity contribution in [1.82, 2.24) is 0 Å². The van der Waals surface area contributed by atoms with Gasteiger partial charge in [-0.15, -0.1) is 0 Å². The molecule has 0 unspecified atom stereocenters. The summed E-state index contributed by atoms with van der Waals surface area (Å²) in [6.45, 7) is 4.52. The van der Waals surface area contributed by atoms with Gasteiger partial charge in [0.2, 0.25) is 0 Å². The predicted molar refractivity (Wildman–Crippen MR) is 136 cm³/mol. The summed E-state index contributed by atoms with van der Waals surface area (Å²) in [5, 5.41) is 0. The number of hydrogen-bond acceptors (Lipinski definition) is 3. The van der Waals surface area contributed by atoms with Crippen LogP contribution in [0.5, 0.6) is 0 Å². The Morgan fingerprint density at radius 3 is 1.72 bits per heavy atom. The normalized spacial score (nSPS) is 12.8. The minimum atomic E-state index is -3.38. The van der Waals surface area contributed by atoms with Gasteiger partial charge in [0.25, 0.3) is 0 Å². The van der Waals surface area contributed by atoms with E-state index in [-0.39, 0.29) is 0 Å². The van der Waals surface area contributed by atoms with Gasteiger partial charge in [0, 0.05) is 0 Å². The topological polar surface area (TPSA) is 39.4 Å². The zero-order chi connectivity index (χ0) is 22.5. The van der Waals surface area contributed by atoms with E-state index in [4.69, 9.17) is 13.3 Å². The van der Waals surface area contributed by atoms with Crippen molar-refractivity contribution in [3.63, 3.8) is 0 Å². The third kappa shape index (κ3) is 6.44. The van der Waals surface area contributed by atoms with Crippen LogP contribution in [0.15, 0.2) is 91.1 Å². The molecule has 0 aromatic carbocycles. The first kappa shape index (κ1) is 24.5. The molecule has 3 heterocycles. The summed E-state index contributed by atoms with van der Waals surface area (Å²) in [6.07, 6.45) is 22.4. The number of allylic oxidation sites excluding steroid dienone is 3. The second kappa shape index (κ2) is 13.4. The average molecular weight is 495 g/mol. The van der Waals surface area contributed by atoms with E-state index in [9.17, 15) is 0 Å². The van der Waals surface area contributed by atoms with Crippen LogP contribution in [0.1, 0.15) is 78.1 Å². The van der Waals surface area contributed by atoms with Gasteiger partial charge in [0.1, 0.15) is 0 Å². The van der Waals surface area contributed by atoms with E-state index in [0.29, 0.717) is 0 Å². The number of furan rings is 3. The monoisotopic (exact) mass is 496 g/mol. The summed E-state index contributed by atoms with van der Waals surface area (Å²) in [6, 6.07) is 12.2. The molecule has 0 saturated heterocycles. The van der Waals surface area contributed by atoms with Crippen molar-refractivity contribution in [2.75, 3.05) is 0 Å². The van der Waals surface area contributed by atoms with Crippen molar-refractivity contribution in [1.29, 1.82) is 0 Å². The van der Waals surface area contributed by atoms with Gasteiger partial charge < -0.3 is 0 Å². The van der Waals surface area contributed by atoms with Crippen LogP contribution in [0, 0.1) is 0 Å². The molecule has 0 fully saturated rings. The summed E-state index contributed by atoms with van der Waals surface area (Å²) in [7, 11) is 0. The molecular formula is C28H38GeO3. The maximum atomic E-state index is 6.06. The summed E-state index contributed by atoms with van der Waals surface area (Å²) in [5.41, 5.74) is 1.38. The molecule has 3 rings (SSSR count). The Kier molecular flexibility index (Phi) is 10.3. The van der Waals surface area contributed by atoms with Crippen LogP contribution in [0.25, 0.3) is 0 Å². The summed E-state index contributed by atoms with van der Waals surface area (Å²) in [5.74, 6) is 0. The van der Waals surface area contributed by atoms with Gasteiger partial charge in [0.15, 0.2) is 0 Å². The Hall–Kier alpha value is -2.14. The maximum absolute atomic E-state index is 6.06. The van der Waals surface area contributed by atoms with Gasteiger partial charge in [-0.1, -0.05) is 0 Å². The molecule has 32 heavy (non-hydrogen) atoms. The van der Waals surface area contributed by atoms with Gasteiger partial charge in [-0.3, -0.25) is 0 Å². The van der Waals surface area contributed by atoms with E-state index in [1.807, 2.05) is 18.2 Å². The van der Waals surface area contributed by atoms with E-state index >= 15 is 0 Å². The zero-order valence-electron chi connectivity index (χ0n) is 19.7. The second-order valence-corrected chi connectivity index (χ2v) is 15.6. The van der Waals surface area contributed by atoms with Gasteiger partial charge in [-0.2, -0.15) is 0 Å². The van der Waals surface area contributed by atoms with E-state index in [0.717, 1.165) is 26.6 Å². The van der Waals surface area contributed by atoms with Crippen LogP contribution in [-0.2, 0) is 0 Å². The molecular weight excluding hydrogens is 457 g/mol. The SMILES string of the molecule is CCCCCC/C=C/C(=[CH]\[Ge]([c]1ccco1)([c]1ccco1)[c]1ccco1)CCCCCC. The molecule has 3 nitrogen and oxygen atoms in total. The third-order valence-electron chi connectivity index (χ3n) is 6.01. The van der Waals surface area contributed by atoms with Crippen molar-refractivity contribution >= 4 is 27.0 Å². The molecule has 0 atom stereocenters. The Balaban J connectivity index is 1.98. The minimum absolute atomic E-state index is 0.984. The summed E-state index contributed by atoms with van der Waals surface area (Å²) >= 11 is -3.38. The molecule has 0 aliphatic rings. The second-order valence-electron chi connectivity index (χ2n) is 8.52. The first-order valence-corrected chi connectivity index (χ1v) is 16.7. The van der Waals surface area contributed by atoms with E-state index in [1.54, 1.807) is 18.8 Å².